The summed E-state index contributed by atoms with van der Waals surface area (Å²) in [7, 11) is -3.42. The van der Waals surface area contributed by atoms with Crippen LogP contribution in [0.15, 0.2) is 48.5 Å². The van der Waals surface area contributed by atoms with Crippen LogP contribution in [0, 0.1) is 0 Å². The summed E-state index contributed by atoms with van der Waals surface area (Å²) in [5.41, 5.74) is 2.38. The van der Waals surface area contributed by atoms with Crippen molar-refractivity contribution in [1.29, 1.82) is 0 Å². The molecule has 2 aromatic rings. The highest BCUT2D eigenvalue weighted by atomic mass is 32.2. The summed E-state index contributed by atoms with van der Waals surface area (Å²) in [4.78, 5) is 11.3. The van der Waals surface area contributed by atoms with Gasteiger partial charge in [-0.15, -0.1) is 0 Å². The summed E-state index contributed by atoms with van der Waals surface area (Å²) in [5, 5.41) is 8.71. The molecule has 6 heteroatoms. The number of para-hydroxylation sites is 1. The molecule has 0 aromatic heterocycles. The van der Waals surface area contributed by atoms with Gasteiger partial charge >= 0.3 is 5.97 Å². The molecule has 0 aliphatic carbocycles. The SMILES string of the molecule is CC(C)S(=O)(=O)Nc1ccccc1CCc1ccccc1C(=O)O. The second-order valence-electron chi connectivity index (χ2n) is 5.82. The van der Waals surface area contributed by atoms with Gasteiger partial charge in [0, 0.05) is 0 Å². The van der Waals surface area contributed by atoms with Gasteiger partial charge in [-0.2, -0.15) is 0 Å². The van der Waals surface area contributed by atoms with Crippen molar-refractivity contribution in [2.45, 2.75) is 31.9 Å². The number of carbonyl (C=O) groups is 1. The summed E-state index contributed by atoms with van der Waals surface area (Å²) in [6, 6.07) is 14.0. The quantitative estimate of drug-likeness (QED) is 0.805. The van der Waals surface area contributed by atoms with Crippen LogP contribution in [0.2, 0.25) is 0 Å². The number of anilines is 1. The summed E-state index contributed by atoms with van der Waals surface area (Å²) >= 11 is 0. The van der Waals surface area contributed by atoms with Gasteiger partial charge in [0.05, 0.1) is 16.5 Å². The molecule has 24 heavy (non-hydrogen) atoms. The zero-order valence-corrected chi connectivity index (χ0v) is 14.5. The molecule has 0 atom stereocenters. The second-order valence-corrected chi connectivity index (χ2v) is 8.05. The number of carboxylic acid groups (broad SMARTS) is 1. The predicted molar refractivity (Wildman–Crippen MR) is 94.9 cm³/mol. The van der Waals surface area contributed by atoms with Crippen LogP contribution in [0.4, 0.5) is 5.69 Å². The molecule has 0 bridgehead atoms. The molecule has 0 heterocycles. The van der Waals surface area contributed by atoms with E-state index in [2.05, 4.69) is 4.72 Å². The van der Waals surface area contributed by atoms with Crippen molar-refractivity contribution in [3.05, 3.63) is 65.2 Å². The van der Waals surface area contributed by atoms with Crippen LogP contribution >= 0.6 is 0 Å². The maximum Gasteiger partial charge on any atom is 0.335 e. The first kappa shape index (κ1) is 18.0. The molecule has 128 valence electrons. The molecule has 5 nitrogen and oxygen atoms in total. The van der Waals surface area contributed by atoms with Gasteiger partial charge in [-0.25, -0.2) is 13.2 Å². The molecule has 0 amide bonds. The van der Waals surface area contributed by atoms with Crippen molar-refractivity contribution in [2.75, 3.05) is 4.72 Å². The van der Waals surface area contributed by atoms with Crippen LogP contribution in [0.3, 0.4) is 0 Å². The Morgan fingerprint density at radius 2 is 1.54 bits per heavy atom. The monoisotopic (exact) mass is 347 g/mol. The molecule has 2 aromatic carbocycles. The largest absolute Gasteiger partial charge is 0.478 e. The molecule has 0 unspecified atom stereocenters. The fraction of sp³-hybridized carbons (Fsp3) is 0.278. The molecule has 0 fully saturated rings. The van der Waals surface area contributed by atoms with Gasteiger partial charge in [0.15, 0.2) is 0 Å². The third kappa shape index (κ3) is 4.35. The molecule has 0 radical (unpaired) electrons. The maximum absolute atomic E-state index is 12.1. The lowest BCUT2D eigenvalue weighted by Gasteiger charge is -2.15. The van der Waals surface area contributed by atoms with E-state index in [9.17, 15) is 18.3 Å². The highest BCUT2D eigenvalue weighted by molar-refractivity contribution is 7.93. The van der Waals surface area contributed by atoms with Gasteiger partial charge in [-0.05, 0) is 49.9 Å². The van der Waals surface area contributed by atoms with E-state index in [1.807, 2.05) is 12.1 Å². The molecule has 0 aliphatic rings. The summed E-state index contributed by atoms with van der Waals surface area (Å²) in [6.07, 6.45) is 1.06. The van der Waals surface area contributed by atoms with E-state index in [1.54, 1.807) is 50.2 Å². The van der Waals surface area contributed by atoms with E-state index in [-0.39, 0.29) is 5.56 Å². The first-order valence-electron chi connectivity index (χ1n) is 7.72. The molecule has 0 saturated carbocycles. The van der Waals surface area contributed by atoms with E-state index in [0.717, 1.165) is 11.1 Å². The van der Waals surface area contributed by atoms with E-state index in [1.165, 1.54) is 0 Å². The van der Waals surface area contributed by atoms with Crippen molar-refractivity contribution in [2.24, 2.45) is 0 Å². The standard InChI is InChI=1S/C18H21NO4S/c1-13(2)24(22,23)19-17-10-6-4-8-15(17)12-11-14-7-3-5-9-16(14)18(20)21/h3-10,13,19H,11-12H2,1-2H3,(H,20,21). The highest BCUT2D eigenvalue weighted by Crippen LogP contribution is 2.21. The van der Waals surface area contributed by atoms with Crippen LogP contribution < -0.4 is 4.72 Å². The Bertz CT molecular complexity index is 828. The average Bonchev–Trinajstić information content (AvgIpc) is 2.53. The van der Waals surface area contributed by atoms with Crippen molar-refractivity contribution in [3.63, 3.8) is 0 Å². The molecule has 2 N–H and O–H groups in total. The molecular formula is C18H21NO4S. The van der Waals surface area contributed by atoms with Crippen LogP contribution in [0.5, 0.6) is 0 Å². The van der Waals surface area contributed by atoms with E-state index < -0.39 is 21.2 Å². The summed E-state index contributed by atoms with van der Waals surface area (Å²) in [5.74, 6) is -0.959. The van der Waals surface area contributed by atoms with Crippen molar-refractivity contribution >= 4 is 21.7 Å². The first-order chi connectivity index (χ1) is 11.3. The van der Waals surface area contributed by atoms with E-state index in [0.29, 0.717) is 18.5 Å². The van der Waals surface area contributed by atoms with E-state index >= 15 is 0 Å². The number of rotatable bonds is 7. The third-order valence-electron chi connectivity index (χ3n) is 3.80. The number of aryl methyl sites for hydroxylation is 2. The fourth-order valence-corrected chi connectivity index (χ4v) is 3.07. The molecule has 0 aliphatic heterocycles. The van der Waals surface area contributed by atoms with Gasteiger partial charge < -0.3 is 5.11 Å². The Kier molecular flexibility index (Phi) is 5.62. The number of carboxylic acids is 1. The number of sulfonamides is 1. The minimum atomic E-state index is -3.42. The van der Waals surface area contributed by atoms with E-state index in [4.69, 9.17) is 0 Å². The normalized spacial score (nSPS) is 11.5. The lowest BCUT2D eigenvalue weighted by atomic mass is 9.99. The van der Waals surface area contributed by atoms with Crippen LogP contribution in [0.1, 0.15) is 35.3 Å². The van der Waals surface area contributed by atoms with Gasteiger partial charge in [0.2, 0.25) is 10.0 Å². The minimum absolute atomic E-state index is 0.276. The predicted octanol–water partition coefficient (Wildman–Crippen LogP) is 3.32. The molecule has 0 saturated heterocycles. The van der Waals surface area contributed by atoms with Crippen molar-refractivity contribution in [3.8, 4) is 0 Å². The van der Waals surface area contributed by atoms with Crippen LogP contribution in [0.25, 0.3) is 0 Å². The Labute approximate surface area is 142 Å². The van der Waals surface area contributed by atoms with Crippen molar-refractivity contribution < 1.29 is 18.3 Å². The van der Waals surface area contributed by atoms with Gasteiger partial charge in [0.25, 0.3) is 0 Å². The highest BCUT2D eigenvalue weighted by Gasteiger charge is 2.17. The Morgan fingerprint density at radius 3 is 2.17 bits per heavy atom. The zero-order chi connectivity index (χ0) is 17.7. The second kappa shape index (κ2) is 7.49. The molecule has 2 rings (SSSR count). The first-order valence-corrected chi connectivity index (χ1v) is 9.26. The number of hydrogen-bond acceptors (Lipinski definition) is 3. The third-order valence-corrected chi connectivity index (χ3v) is 5.55. The fourth-order valence-electron chi connectivity index (χ4n) is 2.33. The zero-order valence-electron chi connectivity index (χ0n) is 13.7. The van der Waals surface area contributed by atoms with Gasteiger partial charge in [-0.3, -0.25) is 4.72 Å². The number of nitrogens with one attached hydrogen (secondary N) is 1. The Hall–Kier alpha value is -2.34. The lowest BCUT2D eigenvalue weighted by molar-refractivity contribution is 0.0695. The minimum Gasteiger partial charge on any atom is -0.478 e. The summed E-state index contributed by atoms with van der Waals surface area (Å²) < 4.78 is 26.8. The number of benzene rings is 2. The molecule has 0 spiro atoms. The Balaban J connectivity index is 2.22. The van der Waals surface area contributed by atoms with Crippen LogP contribution in [-0.2, 0) is 22.9 Å². The number of aromatic carboxylic acids is 1. The number of hydrogen-bond donors (Lipinski definition) is 2. The van der Waals surface area contributed by atoms with Crippen LogP contribution in [-0.4, -0.2) is 24.7 Å². The average molecular weight is 347 g/mol. The maximum atomic E-state index is 12.1. The van der Waals surface area contributed by atoms with Gasteiger partial charge in [0.1, 0.15) is 0 Å². The lowest BCUT2D eigenvalue weighted by Crippen LogP contribution is -2.23. The van der Waals surface area contributed by atoms with Gasteiger partial charge in [-0.1, -0.05) is 36.4 Å². The smallest absolute Gasteiger partial charge is 0.335 e. The van der Waals surface area contributed by atoms with Crippen molar-refractivity contribution in [1.82, 2.24) is 0 Å². The molecular weight excluding hydrogens is 326 g/mol. The topological polar surface area (TPSA) is 83.5 Å². The Morgan fingerprint density at radius 1 is 1.00 bits per heavy atom. The summed E-state index contributed by atoms with van der Waals surface area (Å²) in [6.45, 7) is 3.24.